The van der Waals surface area contributed by atoms with Gasteiger partial charge in [0.2, 0.25) is 5.91 Å². The van der Waals surface area contributed by atoms with Crippen LogP contribution < -0.4 is 5.32 Å². The van der Waals surface area contributed by atoms with Gasteiger partial charge in [-0.25, -0.2) is 0 Å². The molecule has 1 aromatic heterocycles. The van der Waals surface area contributed by atoms with E-state index in [0.717, 1.165) is 24.2 Å². The fourth-order valence-corrected chi connectivity index (χ4v) is 2.84. The van der Waals surface area contributed by atoms with Crippen LogP contribution in [0.5, 0.6) is 0 Å². The van der Waals surface area contributed by atoms with E-state index in [4.69, 9.17) is 0 Å². The second kappa shape index (κ2) is 5.72. The van der Waals surface area contributed by atoms with Crippen molar-refractivity contribution >= 4 is 5.91 Å². The third-order valence-electron chi connectivity index (χ3n) is 4.31. The molecule has 1 N–H and O–H groups in total. The third kappa shape index (κ3) is 2.84. The molecule has 1 fully saturated rings. The van der Waals surface area contributed by atoms with E-state index in [9.17, 15) is 4.79 Å². The molecule has 3 rings (SSSR count). The highest BCUT2D eigenvalue weighted by Gasteiger charge is 2.43. The highest BCUT2D eigenvalue weighted by Crippen LogP contribution is 2.47. The zero-order chi connectivity index (χ0) is 14.8. The SMILES string of the molecule is CCn1ncc(CNC(=O)[C@@H]2C[C@H]2c2ccccc2)c1C. The van der Waals surface area contributed by atoms with Gasteiger partial charge < -0.3 is 5.32 Å². The van der Waals surface area contributed by atoms with Gasteiger partial charge in [-0.2, -0.15) is 5.10 Å². The van der Waals surface area contributed by atoms with E-state index in [2.05, 4.69) is 29.5 Å². The lowest BCUT2D eigenvalue weighted by Gasteiger charge is -2.05. The number of carbonyl (C=O) groups excluding carboxylic acids is 1. The Balaban J connectivity index is 1.55. The van der Waals surface area contributed by atoms with E-state index in [-0.39, 0.29) is 11.8 Å². The molecular weight excluding hydrogens is 262 g/mol. The van der Waals surface area contributed by atoms with E-state index < -0.39 is 0 Å². The summed E-state index contributed by atoms with van der Waals surface area (Å²) in [6.07, 6.45) is 2.81. The number of aryl methyl sites for hydroxylation is 1. The van der Waals surface area contributed by atoms with Crippen LogP contribution in [0.4, 0.5) is 0 Å². The van der Waals surface area contributed by atoms with Gasteiger partial charge in [-0.3, -0.25) is 9.48 Å². The maximum Gasteiger partial charge on any atom is 0.224 e. The van der Waals surface area contributed by atoms with E-state index in [1.807, 2.05) is 36.0 Å². The van der Waals surface area contributed by atoms with Gasteiger partial charge in [0.15, 0.2) is 0 Å². The van der Waals surface area contributed by atoms with Gasteiger partial charge in [0.1, 0.15) is 0 Å². The Morgan fingerprint density at radius 2 is 2.14 bits per heavy atom. The first-order valence-corrected chi connectivity index (χ1v) is 7.54. The van der Waals surface area contributed by atoms with E-state index >= 15 is 0 Å². The molecule has 0 aliphatic heterocycles. The molecule has 0 saturated heterocycles. The first-order chi connectivity index (χ1) is 10.2. The van der Waals surface area contributed by atoms with Gasteiger partial charge in [-0.1, -0.05) is 30.3 Å². The molecule has 2 atom stereocenters. The maximum atomic E-state index is 12.2. The average Bonchev–Trinajstić information content (AvgIpc) is 3.24. The first kappa shape index (κ1) is 13.9. The predicted octanol–water partition coefficient (Wildman–Crippen LogP) is 2.63. The Hall–Kier alpha value is -2.10. The fourth-order valence-electron chi connectivity index (χ4n) is 2.84. The lowest BCUT2D eigenvalue weighted by atomic mass is 10.1. The summed E-state index contributed by atoms with van der Waals surface area (Å²) in [6.45, 7) is 5.54. The van der Waals surface area contributed by atoms with Crippen LogP contribution in [0.25, 0.3) is 0 Å². The minimum absolute atomic E-state index is 0.133. The van der Waals surface area contributed by atoms with Gasteiger partial charge in [-0.05, 0) is 31.7 Å². The van der Waals surface area contributed by atoms with Crippen LogP contribution >= 0.6 is 0 Å². The summed E-state index contributed by atoms with van der Waals surface area (Å²) < 4.78 is 1.95. The molecule has 0 unspecified atom stereocenters. The monoisotopic (exact) mass is 283 g/mol. The summed E-state index contributed by atoms with van der Waals surface area (Å²) in [7, 11) is 0. The molecule has 1 aromatic carbocycles. The minimum Gasteiger partial charge on any atom is -0.352 e. The molecule has 0 spiro atoms. The number of rotatable bonds is 5. The number of carbonyl (C=O) groups is 1. The van der Waals surface area contributed by atoms with Gasteiger partial charge in [0.25, 0.3) is 0 Å². The van der Waals surface area contributed by atoms with Gasteiger partial charge in [0, 0.05) is 30.3 Å². The number of hydrogen-bond donors (Lipinski definition) is 1. The van der Waals surface area contributed by atoms with Crippen molar-refractivity contribution in [1.29, 1.82) is 0 Å². The Labute approximate surface area is 125 Å². The minimum atomic E-state index is 0.133. The lowest BCUT2D eigenvalue weighted by Crippen LogP contribution is -2.25. The van der Waals surface area contributed by atoms with Crippen LogP contribution in [-0.2, 0) is 17.9 Å². The zero-order valence-corrected chi connectivity index (χ0v) is 12.5. The molecule has 0 bridgehead atoms. The first-order valence-electron chi connectivity index (χ1n) is 7.54. The molecule has 1 aliphatic carbocycles. The van der Waals surface area contributed by atoms with Crippen LogP contribution in [0.2, 0.25) is 0 Å². The number of hydrogen-bond acceptors (Lipinski definition) is 2. The Morgan fingerprint density at radius 1 is 1.38 bits per heavy atom. The van der Waals surface area contributed by atoms with Crippen molar-refractivity contribution in [1.82, 2.24) is 15.1 Å². The molecule has 2 aromatic rings. The summed E-state index contributed by atoms with van der Waals surface area (Å²) >= 11 is 0. The number of benzene rings is 1. The van der Waals surface area contributed by atoms with E-state index in [1.165, 1.54) is 5.56 Å². The van der Waals surface area contributed by atoms with E-state index in [0.29, 0.717) is 12.5 Å². The maximum absolute atomic E-state index is 12.2. The van der Waals surface area contributed by atoms with Crippen LogP contribution in [-0.4, -0.2) is 15.7 Å². The summed E-state index contributed by atoms with van der Waals surface area (Å²) in [4.78, 5) is 12.2. The summed E-state index contributed by atoms with van der Waals surface area (Å²) in [5.74, 6) is 0.687. The Morgan fingerprint density at radius 3 is 2.81 bits per heavy atom. The van der Waals surface area contributed by atoms with Crippen molar-refractivity contribution < 1.29 is 4.79 Å². The number of nitrogens with zero attached hydrogens (tertiary/aromatic N) is 2. The van der Waals surface area contributed by atoms with E-state index in [1.54, 1.807) is 0 Å². The Bertz CT molecular complexity index is 633. The molecule has 4 nitrogen and oxygen atoms in total. The number of aromatic nitrogens is 2. The second-order valence-corrected chi connectivity index (χ2v) is 5.65. The standard InChI is InChI=1S/C17H21N3O/c1-3-20-12(2)14(11-19-20)10-18-17(21)16-9-15(16)13-7-5-4-6-8-13/h4-8,11,15-16H,3,9-10H2,1-2H3,(H,18,21)/t15-,16+/m0/s1. The molecular formula is C17H21N3O. The van der Waals surface area contributed by atoms with Gasteiger partial charge in [0.05, 0.1) is 6.20 Å². The van der Waals surface area contributed by atoms with Crippen molar-refractivity contribution in [2.24, 2.45) is 5.92 Å². The third-order valence-corrected chi connectivity index (χ3v) is 4.31. The second-order valence-electron chi connectivity index (χ2n) is 5.65. The van der Waals surface area contributed by atoms with Crippen LogP contribution in [0.1, 0.15) is 36.1 Å². The smallest absolute Gasteiger partial charge is 0.224 e. The van der Waals surface area contributed by atoms with Crippen LogP contribution in [0, 0.1) is 12.8 Å². The van der Waals surface area contributed by atoms with Crippen molar-refractivity contribution in [2.75, 3.05) is 0 Å². The van der Waals surface area contributed by atoms with Crippen molar-refractivity contribution in [2.45, 2.75) is 39.3 Å². The lowest BCUT2D eigenvalue weighted by molar-refractivity contribution is -0.122. The summed E-state index contributed by atoms with van der Waals surface area (Å²) in [6, 6.07) is 10.3. The molecule has 0 radical (unpaired) electrons. The molecule has 1 heterocycles. The quantitative estimate of drug-likeness (QED) is 0.917. The van der Waals surface area contributed by atoms with Crippen LogP contribution in [0.15, 0.2) is 36.5 Å². The van der Waals surface area contributed by atoms with Crippen molar-refractivity contribution in [3.05, 3.63) is 53.3 Å². The number of amides is 1. The molecule has 4 heteroatoms. The molecule has 110 valence electrons. The Kier molecular flexibility index (Phi) is 3.78. The summed E-state index contributed by atoms with van der Waals surface area (Å²) in [5.41, 5.74) is 3.50. The number of nitrogens with one attached hydrogen (secondary N) is 1. The van der Waals surface area contributed by atoms with Crippen molar-refractivity contribution in [3.63, 3.8) is 0 Å². The van der Waals surface area contributed by atoms with Crippen molar-refractivity contribution in [3.8, 4) is 0 Å². The normalized spacial score (nSPS) is 20.3. The highest BCUT2D eigenvalue weighted by molar-refractivity contribution is 5.82. The fraction of sp³-hybridized carbons (Fsp3) is 0.412. The molecule has 1 saturated carbocycles. The van der Waals surface area contributed by atoms with Gasteiger partial charge >= 0.3 is 0 Å². The zero-order valence-electron chi connectivity index (χ0n) is 12.5. The predicted molar refractivity (Wildman–Crippen MR) is 81.8 cm³/mol. The summed E-state index contributed by atoms with van der Waals surface area (Å²) in [5, 5.41) is 7.35. The van der Waals surface area contributed by atoms with Crippen LogP contribution in [0.3, 0.4) is 0 Å². The van der Waals surface area contributed by atoms with Gasteiger partial charge in [-0.15, -0.1) is 0 Å². The topological polar surface area (TPSA) is 46.9 Å². The average molecular weight is 283 g/mol. The molecule has 1 amide bonds. The molecule has 21 heavy (non-hydrogen) atoms. The molecule has 1 aliphatic rings. The largest absolute Gasteiger partial charge is 0.352 e. The highest BCUT2D eigenvalue weighted by atomic mass is 16.2.